The van der Waals surface area contributed by atoms with Crippen LogP contribution in [0.4, 0.5) is 11.6 Å². The van der Waals surface area contributed by atoms with Gasteiger partial charge in [-0.3, -0.25) is 45.9 Å². The highest BCUT2D eigenvalue weighted by atomic mass is 33.1. The van der Waals surface area contributed by atoms with E-state index in [1.165, 1.54) is 68.5 Å². The Morgan fingerprint density at radius 1 is 0.549 bits per heavy atom. The molecule has 428 valence electrons. The number of aromatic nitrogens is 10. The van der Waals surface area contributed by atoms with Gasteiger partial charge in [0.2, 0.25) is 0 Å². The molecule has 0 aliphatic carbocycles. The van der Waals surface area contributed by atoms with Crippen LogP contribution in [0.1, 0.15) is 25.3 Å². The number of carbonyl (C=O) groups excluding carboxylic acids is 2. The minimum absolute atomic E-state index is 0.00678. The SMILES string of the molecule is O=C(COc1ccccc1)Nc1ncnc2c1ncn2[C@H]1C[C@H]2OP(=O)(OCCSSc3ccccn3)OC[C@H]3O[C@@H](n4cnc5c(NC(=O)COc6ccccc6)ncnc54)C[C@H]3OP(=O)(OCCSSc3ccccn3)OC[C@H]2O1. The van der Waals surface area contributed by atoms with Gasteiger partial charge >= 0.3 is 15.6 Å². The molecule has 3 saturated heterocycles. The van der Waals surface area contributed by atoms with Crippen LogP contribution in [0.2, 0.25) is 0 Å². The Hall–Kier alpha value is -6.08. The number of benzene rings is 2. The summed E-state index contributed by atoms with van der Waals surface area (Å²) >= 11 is 0. The first-order valence-corrected chi connectivity index (χ1v) is 32.9. The van der Waals surface area contributed by atoms with Crippen LogP contribution >= 0.6 is 58.8 Å². The second-order valence-corrected chi connectivity index (χ2v) is 25.8. The number of fused-ring (bicyclic) bond motifs is 4. The Morgan fingerprint density at radius 3 is 1.41 bits per heavy atom. The summed E-state index contributed by atoms with van der Waals surface area (Å²) in [6, 6.07) is 28.9. The molecule has 0 saturated carbocycles. The fourth-order valence-corrected chi connectivity index (χ4v) is 14.9. The zero-order valence-electron chi connectivity index (χ0n) is 43.0. The highest BCUT2D eigenvalue weighted by molar-refractivity contribution is 8.77. The van der Waals surface area contributed by atoms with Crippen molar-refractivity contribution in [1.82, 2.24) is 49.0 Å². The van der Waals surface area contributed by atoms with Crippen LogP contribution in [0, 0.1) is 0 Å². The molecule has 82 heavy (non-hydrogen) atoms. The minimum atomic E-state index is -4.57. The molecule has 3 aliphatic rings. The van der Waals surface area contributed by atoms with Gasteiger partial charge in [-0.25, -0.2) is 49.0 Å². The van der Waals surface area contributed by atoms with Gasteiger partial charge in [-0.1, -0.05) is 70.1 Å². The summed E-state index contributed by atoms with van der Waals surface area (Å²) in [5, 5.41) is 7.02. The molecule has 11 rings (SSSR count). The fourth-order valence-electron chi connectivity index (χ4n) is 8.46. The van der Waals surface area contributed by atoms with E-state index >= 15 is 9.13 Å². The molecule has 2 N–H and O–H groups in total. The second kappa shape index (κ2) is 27.5. The average molecular weight is 1230 g/mol. The number of rotatable bonds is 22. The van der Waals surface area contributed by atoms with Gasteiger partial charge in [-0.05, 0) is 70.1 Å². The summed E-state index contributed by atoms with van der Waals surface area (Å²) in [7, 11) is -3.46. The van der Waals surface area contributed by atoms with Gasteiger partial charge in [0.25, 0.3) is 11.8 Å². The van der Waals surface area contributed by atoms with Gasteiger partial charge in [-0.2, -0.15) is 0 Å². The van der Waals surface area contributed by atoms with Crippen molar-refractivity contribution in [2.45, 2.75) is 59.8 Å². The molecule has 3 aliphatic heterocycles. The number of amides is 2. The van der Waals surface area contributed by atoms with Crippen LogP contribution in [-0.2, 0) is 55.3 Å². The van der Waals surface area contributed by atoms with E-state index < -0.39 is 77.5 Å². The summed E-state index contributed by atoms with van der Waals surface area (Å²) < 4.78 is 95.4. The number of phosphoric acid groups is 2. The number of pyridine rings is 2. The maximum Gasteiger partial charge on any atom is 0.475 e. The number of para-hydroxylation sites is 2. The molecule has 9 heterocycles. The third kappa shape index (κ3) is 15.0. The van der Waals surface area contributed by atoms with E-state index in [0.717, 1.165) is 10.1 Å². The van der Waals surface area contributed by atoms with E-state index in [2.05, 4.69) is 50.5 Å². The summed E-state index contributed by atoms with van der Waals surface area (Å²) in [6.07, 6.45) is 2.54. The van der Waals surface area contributed by atoms with Gasteiger partial charge < -0.3 is 29.6 Å². The van der Waals surface area contributed by atoms with Crippen molar-refractivity contribution < 1.29 is 64.8 Å². The quantitative estimate of drug-likeness (QED) is 0.0363. The number of ether oxygens (including phenoxy) is 4. The van der Waals surface area contributed by atoms with Crippen molar-refractivity contribution in [3.8, 4) is 11.5 Å². The van der Waals surface area contributed by atoms with Gasteiger partial charge in [0.15, 0.2) is 47.2 Å². The summed E-state index contributed by atoms with van der Waals surface area (Å²) in [6.45, 7) is -1.69. The fraction of sp³-hybridized carbons (Fsp3) is 0.320. The normalized spacial score (nSPS) is 23.8. The molecule has 6 aromatic heterocycles. The Bertz CT molecular complexity index is 3290. The van der Waals surface area contributed by atoms with E-state index in [0.29, 0.717) is 23.0 Å². The molecule has 0 bridgehead atoms. The topological polar surface area (TPSA) is 298 Å². The predicted octanol–water partition coefficient (Wildman–Crippen LogP) is 9.01. The lowest BCUT2D eigenvalue weighted by Crippen LogP contribution is -2.33. The molecule has 32 heteroatoms. The second-order valence-electron chi connectivity index (χ2n) is 17.7. The predicted molar refractivity (Wildman–Crippen MR) is 303 cm³/mol. The highest BCUT2D eigenvalue weighted by Crippen LogP contribution is 2.58. The van der Waals surface area contributed by atoms with Crippen molar-refractivity contribution in [2.75, 3.05) is 61.8 Å². The third-order valence-electron chi connectivity index (χ3n) is 12.2. The molecule has 2 amide bonds. The third-order valence-corrected chi connectivity index (χ3v) is 19.6. The number of nitrogens with one attached hydrogen (secondary N) is 2. The Morgan fingerprint density at radius 2 is 0.988 bits per heavy atom. The van der Waals surface area contributed by atoms with Crippen LogP contribution in [0.3, 0.4) is 0 Å². The molecule has 8 atom stereocenters. The zero-order valence-corrected chi connectivity index (χ0v) is 48.0. The first kappa shape index (κ1) is 57.7. The first-order chi connectivity index (χ1) is 40.1. The van der Waals surface area contributed by atoms with Crippen LogP contribution < -0.4 is 20.1 Å². The minimum Gasteiger partial charge on any atom is -0.484 e. The number of imidazole rings is 2. The van der Waals surface area contributed by atoms with Crippen molar-refractivity contribution in [2.24, 2.45) is 0 Å². The van der Waals surface area contributed by atoms with Crippen LogP contribution in [0.5, 0.6) is 11.5 Å². The molecular weight excluding hydrogens is 1180 g/mol. The van der Waals surface area contributed by atoms with E-state index in [1.54, 1.807) is 70.1 Å². The Balaban J connectivity index is 0.841. The number of hydrogen-bond acceptors (Lipinski definition) is 26. The maximum absolute atomic E-state index is 15.2. The number of hydrogen-bond donors (Lipinski definition) is 2. The lowest BCUT2D eigenvalue weighted by atomic mass is 10.2. The van der Waals surface area contributed by atoms with Crippen molar-refractivity contribution >= 4 is 105 Å². The molecule has 3 fully saturated rings. The number of anilines is 2. The molecule has 8 aromatic rings. The lowest BCUT2D eigenvalue weighted by molar-refractivity contribution is -0.118. The van der Waals surface area contributed by atoms with Gasteiger partial charge in [0.1, 0.15) is 71.1 Å². The van der Waals surface area contributed by atoms with Gasteiger partial charge in [0, 0.05) is 36.7 Å². The molecule has 2 aromatic carbocycles. The number of phosphoric ester groups is 2. The van der Waals surface area contributed by atoms with Crippen LogP contribution in [-0.4, -0.2) is 136 Å². The molecule has 26 nitrogen and oxygen atoms in total. The average Bonchev–Trinajstić information content (AvgIpc) is 4.39. The van der Waals surface area contributed by atoms with Crippen molar-refractivity contribution in [1.29, 1.82) is 0 Å². The summed E-state index contributed by atoms with van der Waals surface area (Å²) in [5.74, 6) is 0.984. The van der Waals surface area contributed by atoms with Gasteiger partial charge in [0.05, 0.1) is 39.1 Å². The molecule has 0 radical (unpaired) electrons. The summed E-state index contributed by atoms with van der Waals surface area (Å²) in [5.41, 5.74) is 1.04. The van der Waals surface area contributed by atoms with E-state index in [-0.39, 0.29) is 73.2 Å². The van der Waals surface area contributed by atoms with E-state index in [1.807, 2.05) is 48.5 Å². The van der Waals surface area contributed by atoms with Gasteiger partial charge in [-0.15, -0.1) is 0 Å². The Kier molecular flexibility index (Phi) is 19.4. The first-order valence-electron chi connectivity index (χ1n) is 25.3. The number of carbonyl (C=O) groups is 2. The molecule has 0 spiro atoms. The molecular formula is C50H50N12O14P2S4. The number of nitrogens with zero attached hydrogens (tertiary/aromatic N) is 10. The lowest BCUT2D eigenvalue weighted by Gasteiger charge is -2.29. The van der Waals surface area contributed by atoms with E-state index in [9.17, 15) is 9.59 Å². The van der Waals surface area contributed by atoms with Crippen LogP contribution in [0.25, 0.3) is 22.3 Å². The summed E-state index contributed by atoms with van der Waals surface area (Å²) in [4.78, 5) is 61.3. The standard InChI is InChI=1S/C50H50N12O14P2S4/c63-39(27-67-33-11-3-1-4-12-33)59-47-45-49(55-29-53-47)61(31-57-45)43-23-35-37(73-43)25-71-78(66,70-20-22-80-82-42-16-8-10-18-52-42)76-36-24-44(74-38(36)26-72-77(65,75-35)69-19-21-79-81-41-15-7-9-17-51-41)62-32-58-46-48(54-30-56-50(46)62)60-40(64)28-68-34-13-5-2-6-14-34/h1-18,29-32,35-38,43-44H,19-28H2,(H,53,55,59,63)(H,54,56,60,64)/t35-,36-,37-,38-,43-,44-,77?,78?/m1/s1. The zero-order chi connectivity index (χ0) is 56.1. The van der Waals surface area contributed by atoms with Crippen molar-refractivity contribution in [3.05, 3.63) is 135 Å². The largest absolute Gasteiger partial charge is 0.484 e. The Labute approximate surface area is 483 Å². The maximum atomic E-state index is 15.2. The smallest absolute Gasteiger partial charge is 0.475 e. The van der Waals surface area contributed by atoms with Crippen LogP contribution in [0.15, 0.2) is 145 Å². The van der Waals surface area contributed by atoms with E-state index in [4.69, 9.17) is 46.1 Å². The monoisotopic (exact) mass is 1230 g/mol. The van der Waals surface area contributed by atoms with Crippen molar-refractivity contribution in [3.63, 3.8) is 0 Å². The highest BCUT2D eigenvalue weighted by Gasteiger charge is 2.49. The molecule has 2 unspecified atom stereocenters.